The van der Waals surface area contributed by atoms with Crippen LogP contribution in [0.25, 0.3) is 32.1 Å². The number of thiophene rings is 1. The normalized spacial score (nSPS) is 11.3. The quantitative estimate of drug-likeness (QED) is 0.206. The molecule has 0 atom stereocenters. The number of aromatic amines is 1. The number of esters is 1. The first-order valence-corrected chi connectivity index (χ1v) is 13.2. The minimum atomic E-state index is -0.703. The Balaban J connectivity index is 1.43. The second-order valence-electron chi connectivity index (χ2n) is 8.53. The van der Waals surface area contributed by atoms with Crippen LogP contribution in [0.4, 0.5) is 0 Å². The number of unbranched alkanes of at least 4 members (excludes halogenated alkanes) is 2. The van der Waals surface area contributed by atoms with Crippen LogP contribution in [-0.2, 0) is 17.9 Å². The van der Waals surface area contributed by atoms with Gasteiger partial charge in [-0.15, -0.1) is 11.3 Å². The summed E-state index contributed by atoms with van der Waals surface area (Å²) in [5.41, 5.74) is 0.900. The number of hydrogen-bond acceptors (Lipinski definition) is 7. The molecule has 10 heteroatoms. The van der Waals surface area contributed by atoms with Gasteiger partial charge in [0.25, 0.3) is 11.1 Å². The summed E-state index contributed by atoms with van der Waals surface area (Å²) in [5, 5.41) is 7.95. The van der Waals surface area contributed by atoms with E-state index in [0.717, 1.165) is 24.8 Å². The molecule has 0 amide bonds. The Hall–Kier alpha value is -3.82. The lowest BCUT2D eigenvalue weighted by Crippen LogP contribution is -2.26. The largest absolute Gasteiger partial charge is 0.453 e. The molecule has 0 aliphatic heterocycles. The minimum absolute atomic E-state index is 0.0484. The number of fused-ring (bicyclic) bond motifs is 2. The van der Waals surface area contributed by atoms with E-state index in [1.807, 2.05) is 23.6 Å². The highest BCUT2D eigenvalue weighted by Crippen LogP contribution is 2.34. The highest BCUT2D eigenvalue weighted by atomic mass is 35.5. The molecule has 188 valence electrons. The molecule has 0 saturated carbocycles. The number of rotatable bonds is 8. The fourth-order valence-electron chi connectivity index (χ4n) is 4.19. The van der Waals surface area contributed by atoms with Gasteiger partial charge in [-0.2, -0.15) is 5.10 Å². The van der Waals surface area contributed by atoms with Crippen molar-refractivity contribution in [2.45, 2.75) is 39.3 Å². The number of benzene rings is 2. The number of nitrogens with one attached hydrogen (secondary N) is 1. The average molecular weight is 535 g/mol. The Morgan fingerprint density at radius 1 is 1.05 bits per heavy atom. The van der Waals surface area contributed by atoms with Crippen molar-refractivity contribution in [3.05, 3.63) is 91.2 Å². The summed E-state index contributed by atoms with van der Waals surface area (Å²) < 4.78 is 6.81. The molecule has 0 spiro atoms. The summed E-state index contributed by atoms with van der Waals surface area (Å²) in [6.45, 7) is 2.23. The molecule has 0 bridgehead atoms. The van der Waals surface area contributed by atoms with E-state index in [4.69, 9.17) is 16.3 Å². The van der Waals surface area contributed by atoms with Gasteiger partial charge in [-0.25, -0.2) is 14.5 Å². The standard InChI is InChI=1S/C27H23ClN4O4S/c1-2-3-8-13-32-26(34)18-11-5-4-10-17(18)23(31-32)27(35)36-14-21-29-24(33)22-19(15-37-25(22)30-21)16-9-6-7-12-20(16)28/h4-7,9-12,15H,2-3,8,13-14H2,1H3,(H,29,30,33). The molecule has 3 heterocycles. The molecule has 0 fully saturated rings. The van der Waals surface area contributed by atoms with Crippen LogP contribution >= 0.6 is 22.9 Å². The number of hydrogen-bond donors (Lipinski definition) is 1. The topological polar surface area (TPSA) is 107 Å². The predicted octanol–water partition coefficient (Wildman–Crippen LogP) is 5.56. The van der Waals surface area contributed by atoms with E-state index in [0.29, 0.717) is 38.1 Å². The fraction of sp³-hybridized carbons (Fsp3) is 0.222. The first-order chi connectivity index (χ1) is 18.0. The van der Waals surface area contributed by atoms with Crippen LogP contribution in [0.1, 0.15) is 42.5 Å². The van der Waals surface area contributed by atoms with Gasteiger partial charge < -0.3 is 9.72 Å². The van der Waals surface area contributed by atoms with E-state index in [2.05, 4.69) is 22.0 Å². The lowest BCUT2D eigenvalue weighted by Gasteiger charge is -2.11. The Morgan fingerprint density at radius 2 is 1.81 bits per heavy atom. The number of H-pyrrole nitrogens is 1. The van der Waals surface area contributed by atoms with Crippen LogP contribution in [0, 0.1) is 0 Å². The molecule has 5 aromatic rings. The molecule has 37 heavy (non-hydrogen) atoms. The summed E-state index contributed by atoms with van der Waals surface area (Å²) in [7, 11) is 0. The molecule has 2 aromatic carbocycles. The number of carbonyl (C=O) groups is 1. The smallest absolute Gasteiger partial charge is 0.359 e. The maximum Gasteiger partial charge on any atom is 0.359 e. The van der Waals surface area contributed by atoms with Crippen LogP contribution < -0.4 is 11.1 Å². The zero-order valence-corrected chi connectivity index (χ0v) is 21.6. The average Bonchev–Trinajstić information content (AvgIpc) is 3.33. The highest BCUT2D eigenvalue weighted by molar-refractivity contribution is 7.17. The molecule has 0 radical (unpaired) electrons. The maximum absolute atomic E-state index is 13.1. The molecule has 0 unspecified atom stereocenters. The molecule has 3 aromatic heterocycles. The first kappa shape index (κ1) is 24.9. The van der Waals surface area contributed by atoms with Crippen molar-refractivity contribution in [3.63, 3.8) is 0 Å². The summed E-state index contributed by atoms with van der Waals surface area (Å²) in [6, 6.07) is 14.1. The summed E-state index contributed by atoms with van der Waals surface area (Å²) in [4.78, 5) is 46.6. The van der Waals surface area contributed by atoms with Gasteiger partial charge in [0.2, 0.25) is 0 Å². The van der Waals surface area contributed by atoms with Crippen LogP contribution in [0.15, 0.2) is 63.5 Å². The van der Waals surface area contributed by atoms with E-state index in [1.54, 1.807) is 30.3 Å². The summed E-state index contributed by atoms with van der Waals surface area (Å²) >= 11 is 7.64. The number of halogens is 1. The van der Waals surface area contributed by atoms with Crippen LogP contribution in [0.5, 0.6) is 0 Å². The van der Waals surface area contributed by atoms with Crippen molar-refractivity contribution < 1.29 is 9.53 Å². The van der Waals surface area contributed by atoms with Gasteiger partial charge in [0.15, 0.2) is 5.69 Å². The Morgan fingerprint density at radius 3 is 2.59 bits per heavy atom. The molecule has 1 N–H and O–H groups in total. The number of aryl methyl sites for hydroxylation is 1. The summed E-state index contributed by atoms with van der Waals surface area (Å²) in [5.74, 6) is -0.495. The van der Waals surface area contributed by atoms with Crippen LogP contribution in [0.3, 0.4) is 0 Å². The minimum Gasteiger partial charge on any atom is -0.453 e. The second kappa shape index (κ2) is 10.7. The molecule has 5 rings (SSSR count). The van der Waals surface area contributed by atoms with E-state index in [-0.39, 0.29) is 29.2 Å². The number of nitrogens with zero attached hydrogens (tertiary/aromatic N) is 3. The number of carbonyl (C=O) groups excluding carboxylic acids is 1. The monoisotopic (exact) mass is 534 g/mol. The second-order valence-corrected chi connectivity index (χ2v) is 9.79. The zero-order valence-electron chi connectivity index (χ0n) is 20.0. The molecular formula is C27H23ClN4O4S. The third-order valence-corrected chi connectivity index (χ3v) is 7.23. The van der Waals surface area contributed by atoms with Gasteiger partial charge in [-0.05, 0) is 18.6 Å². The molecule has 0 aliphatic carbocycles. The first-order valence-electron chi connectivity index (χ1n) is 11.9. The van der Waals surface area contributed by atoms with Crippen LogP contribution in [0.2, 0.25) is 5.02 Å². The third kappa shape index (κ3) is 4.92. The van der Waals surface area contributed by atoms with E-state index in [1.165, 1.54) is 16.0 Å². The van der Waals surface area contributed by atoms with Crippen molar-refractivity contribution in [3.8, 4) is 11.1 Å². The predicted molar refractivity (Wildman–Crippen MR) is 145 cm³/mol. The van der Waals surface area contributed by atoms with Crippen molar-refractivity contribution in [1.82, 2.24) is 19.7 Å². The van der Waals surface area contributed by atoms with E-state index in [9.17, 15) is 14.4 Å². The van der Waals surface area contributed by atoms with Crippen molar-refractivity contribution in [2.24, 2.45) is 0 Å². The number of ether oxygens (including phenoxy) is 1. The third-order valence-electron chi connectivity index (χ3n) is 6.03. The maximum atomic E-state index is 13.1. The van der Waals surface area contributed by atoms with Gasteiger partial charge in [-0.3, -0.25) is 9.59 Å². The number of aromatic nitrogens is 4. The fourth-order valence-corrected chi connectivity index (χ4v) is 5.39. The molecule has 0 aliphatic rings. The Kier molecular flexibility index (Phi) is 7.16. The van der Waals surface area contributed by atoms with Crippen molar-refractivity contribution in [2.75, 3.05) is 0 Å². The van der Waals surface area contributed by atoms with Gasteiger partial charge in [0.1, 0.15) is 17.3 Å². The van der Waals surface area contributed by atoms with Gasteiger partial charge in [0.05, 0.1) is 10.8 Å². The Bertz CT molecular complexity index is 1740. The van der Waals surface area contributed by atoms with Gasteiger partial charge in [0, 0.05) is 33.5 Å². The molecular weight excluding hydrogens is 512 g/mol. The zero-order chi connectivity index (χ0) is 25.9. The van der Waals surface area contributed by atoms with Crippen molar-refractivity contribution >= 4 is 49.9 Å². The van der Waals surface area contributed by atoms with E-state index < -0.39 is 5.97 Å². The molecule has 0 saturated heterocycles. The van der Waals surface area contributed by atoms with Gasteiger partial charge in [-0.1, -0.05) is 67.8 Å². The Labute approximate surface area is 220 Å². The van der Waals surface area contributed by atoms with Crippen LogP contribution in [-0.4, -0.2) is 25.7 Å². The SMILES string of the molecule is CCCCCn1nc(C(=O)OCc2nc3scc(-c4ccccc4Cl)c3c(=O)[nH]2)c2ccccc2c1=O. The highest BCUT2D eigenvalue weighted by Gasteiger charge is 2.20. The molecule has 8 nitrogen and oxygen atoms in total. The van der Waals surface area contributed by atoms with E-state index >= 15 is 0 Å². The summed E-state index contributed by atoms with van der Waals surface area (Å²) in [6.07, 6.45) is 2.72. The van der Waals surface area contributed by atoms with Gasteiger partial charge >= 0.3 is 5.97 Å². The van der Waals surface area contributed by atoms with Crippen molar-refractivity contribution in [1.29, 1.82) is 0 Å². The lowest BCUT2D eigenvalue weighted by atomic mass is 10.1. The lowest BCUT2D eigenvalue weighted by molar-refractivity contribution is 0.0455.